The van der Waals surface area contributed by atoms with Crippen LogP contribution in [0.15, 0.2) is 42.5 Å². The van der Waals surface area contributed by atoms with E-state index in [2.05, 4.69) is 5.32 Å². The van der Waals surface area contributed by atoms with Gasteiger partial charge in [0.15, 0.2) is 0 Å². The molecule has 0 unspecified atom stereocenters. The Morgan fingerprint density at radius 1 is 0.895 bits per heavy atom. The van der Waals surface area contributed by atoms with Gasteiger partial charge in [0.25, 0.3) is 0 Å². The lowest BCUT2D eigenvalue weighted by Gasteiger charge is -2.06. The highest BCUT2D eigenvalue weighted by molar-refractivity contribution is 6.42. The summed E-state index contributed by atoms with van der Waals surface area (Å²) in [5.41, 5.74) is 2.31. The zero-order valence-corrected chi connectivity index (χ0v) is 11.9. The minimum Gasteiger partial charge on any atom is -0.508 e. The van der Waals surface area contributed by atoms with E-state index < -0.39 is 0 Å². The molecular weight excluding hydrogens is 281 g/mol. The Kier molecular flexibility index (Phi) is 5.08. The van der Waals surface area contributed by atoms with Crippen LogP contribution >= 0.6 is 23.2 Å². The summed E-state index contributed by atoms with van der Waals surface area (Å²) >= 11 is 11.8. The molecule has 0 saturated heterocycles. The van der Waals surface area contributed by atoms with Crippen LogP contribution in [0.2, 0.25) is 10.0 Å². The van der Waals surface area contributed by atoms with E-state index in [1.54, 1.807) is 18.2 Å². The number of aromatic hydroxyl groups is 1. The molecule has 0 radical (unpaired) electrons. The monoisotopic (exact) mass is 295 g/mol. The standard InChI is InChI=1S/C15H15Cl2NO/c16-14-6-3-12(9-15(14)17)10-18-8-7-11-1-4-13(19)5-2-11/h1-6,9,18-19H,7-8,10H2. The van der Waals surface area contributed by atoms with Crippen molar-refractivity contribution in [3.63, 3.8) is 0 Å². The summed E-state index contributed by atoms with van der Waals surface area (Å²) in [5.74, 6) is 0.299. The lowest BCUT2D eigenvalue weighted by molar-refractivity contribution is 0.475. The van der Waals surface area contributed by atoms with Crippen LogP contribution in [-0.2, 0) is 13.0 Å². The van der Waals surface area contributed by atoms with Crippen molar-refractivity contribution < 1.29 is 5.11 Å². The van der Waals surface area contributed by atoms with Crippen molar-refractivity contribution in [1.29, 1.82) is 0 Å². The number of rotatable bonds is 5. The van der Waals surface area contributed by atoms with Crippen molar-refractivity contribution >= 4 is 23.2 Å². The van der Waals surface area contributed by atoms with E-state index in [-0.39, 0.29) is 0 Å². The molecule has 0 saturated carbocycles. The molecule has 0 spiro atoms. The second-order valence-corrected chi connectivity index (χ2v) is 5.16. The van der Waals surface area contributed by atoms with Crippen molar-refractivity contribution in [2.24, 2.45) is 0 Å². The fourth-order valence-corrected chi connectivity index (χ4v) is 2.10. The smallest absolute Gasteiger partial charge is 0.115 e. The van der Waals surface area contributed by atoms with E-state index in [0.717, 1.165) is 25.1 Å². The molecule has 0 aromatic heterocycles. The Hall–Kier alpha value is -1.22. The molecule has 2 rings (SSSR count). The first-order chi connectivity index (χ1) is 9.15. The Bertz CT molecular complexity index is 540. The number of halogens is 2. The Morgan fingerprint density at radius 2 is 1.58 bits per heavy atom. The number of phenols is 1. The first kappa shape index (κ1) is 14.2. The number of benzene rings is 2. The molecule has 0 fully saturated rings. The molecule has 2 N–H and O–H groups in total. The normalized spacial score (nSPS) is 10.6. The predicted octanol–water partition coefficient (Wildman–Crippen LogP) is 4.03. The van der Waals surface area contributed by atoms with Crippen LogP contribution in [-0.4, -0.2) is 11.7 Å². The highest BCUT2D eigenvalue weighted by atomic mass is 35.5. The van der Waals surface area contributed by atoms with Gasteiger partial charge in [-0.2, -0.15) is 0 Å². The van der Waals surface area contributed by atoms with Crippen LogP contribution in [0.5, 0.6) is 5.75 Å². The maximum Gasteiger partial charge on any atom is 0.115 e. The molecule has 19 heavy (non-hydrogen) atoms. The molecule has 0 atom stereocenters. The van der Waals surface area contributed by atoms with Crippen LogP contribution in [0.3, 0.4) is 0 Å². The van der Waals surface area contributed by atoms with E-state index in [1.807, 2.05) is 24.3 Å². The third-order valence-electron chi connectivity index (χ3n) is 2.84. The molecule has 2 nitrogen and oxygen atoms in total. The highest BCUT2D eigenvalue weighted by Gasteiger charge is 1.99. The Morgan fingerprint density at radius 3 is 2.26 bits per heavy atom. The Labute approximate surface area is 123 Å². The molecular formula is C15H15Cl2NO. The molecule has 100 valence electrons. The van der Waals surface area contributed by atoms with Gasteiger partial charge in [-0.05, 0) is 48.4 Å². The molecule has 0 bridgehead atoms. The van der Waals surface area contributed by atoms with Crippen LogP contribution in [0.4, 0.5) is 0 Å². The number of nitrogens with one attached hydrogen (secondary N) is 1. The maximum atomic E-state index is 9.19. The second-order valence-electron chi connectivity index (χ2n) is 4.34. The van der Waals surface area contributed by atoms with Crippen LogP contribution < -0.4 is 5.32 Å². The lowest BCUT2D eigenvalue weighted by Crippen LogP contribution is -2.16. The summed E-state index contributed by atoms with van der Waals surface area (Å²) in [5, 5.41) is 13.7. The average molecular weight is 296 g/mol. The molecule has 0 aliphatic rings. The largest absolute Gasteiger partial charge is 0.508 e. The molecule has 0 aliphatic heterocycles. The van der Waals surface area contributed by atoms with Gasteiger partial charge in [0.2, 0.25) is 0 Å². The van der Waals surface area contributed by atoms with E-state index in [9.17, 15) is 5.11 Å². The lowest BCUT2D eigenvalue weighted by atomic mass is 10.1. The summed E-state index contributed by atoms with van der Waals surface area (Å²) in [4.78, 5) is 0. The van der Waals surface area contributed by atoms with E-state index in [0.29, 0.717) is 15.8 Å². The minimum absolute atomic E-state index is 0.299. The van der Waals surface area contributed by atoms with Gasteiger partial charge in [-0.15, -0.1) is 0 Å². The molecule has 2 aromatic carbocycles. The number of phenolic OH excluding ortho intramolecular Hbond substituents is 1. The molecule has 0 aliphatic carbocycles. The fourth-order valence-electron chi connectivity index (χ4n) is 1.78. The van der Waals surface area contributed by atoms with E-state index in [1.165, 1.54) is 5.56 Å². The van der Waals surface area contributed by atoms with Gasteiger partial charge in [-0.1, -0.05) is 41.4 Å². The Balaban J connectivity index is 1.77. The van der Waals surface area contributed by atoms with Gasteiger partial charge in [-0.3, -0.25) is 0 Å². The van der Waals surface area contributed by atoms with Crippen molar-refractivity contribution in [2.75, 3.05) is 6.54 Å². The summed E-state index contributed by atoms with van der Waals surface area (Å²) in [7, 11) is 0. The topological polar surface area (TPSA) is 32.3 Å². The van der Waals surface area contributed by atoms with Crippen LogP contribution in [0.25, 0.3) is 0 Å². The van der Waals surface area contributed by atoms with Gasteiger partial charge < -0.3 is 10.4 Å². The van der Waals surface area contributed by atoms with Gasteiger partial charge >= 0.3 is 0 Å². The van der Waals surface area contributed by atoms with Crippen molar-refractivity contribution in [1.82, 2.24) is 5.32 Å². The molecule has 0 amide bonds. The van der Waals surface area contributed by atoms with Crippen molar-refractivity contribution in [2.45, 2.75) is 13.0 Å². The third kappa shape index (κ3) is 4.43. The second kappa shape index (κ2) is 6.80. The van der Waals surface area contributed by atoms with Crippen LogP contribution in [0.1, 0.15) is 11.1 Å². The minimum atomic E-state index is 0.299. The highest BCUT2D eigenvalue weighted by Crippen LogP contribution is 2.22. The van der Waals surface area contributed by atoms with Gasteiger partial charge in [0.1, 0.15) is 5.75 Å². The van der Waals surface area contributed by atoms with E-state index >= 15 is 0 Å². The van der Waals surface area contributed by atoms with Gasteiger partial charge in [0.05, 0.1) is 10.0 Å². The maximum absolute atomic E-state index is 9.19. The summed E-state index contributed by atoms with van der Waals surface area (Å²) in [6.07, 6.45) is 0.918. The number of hydrogen-bond acceptors (Lipinski definition) is 2. The number of hydrogen-bond donors (Lipinski definition) is 2. The molecule has 2 aromatic rings. The first-order valence-corrected chi connectivity index (χ1v) is 6.83. The van der Waals surface area contributed by atoms with E-state index in [4.69, 9.17) is 23.2 Å². The quantitative estimate of drug-likeness (QED) is 0.816. The zero-order valence-electron chi connectivity index (χ0n) is 10.4. The van der Waals surface area contributed by atoms with Gasteiger partial charge in [0, 0.05) is 6.54 Å². The predicted molar refractivity (Wildman–Crippen MR) is 80.0 cm³/mol. The SMILES string of the molecule is Oc1ccc(CCNCc2ccc(Cl)c(Cl)c2)cc1. The van der Waals surface area contributed by atoms with Gasteiger partial charge in [-0.25, -0.2) is 0 Å². The van der Waals surface area contributed by atoms with Crippen molar-refractivity contribution in [3.05, 3.63) is 63.6 Å². The third-order valence-corrected chi connectivity index (χ3v) is 3.58. The summed E-state index contributed by atoms with van der Waals surface area (Å²) in [6, 6.07) is 12.9. The average Bonchev–Trinajstić information content (AvgIpc) is 2.41. The fraction of sp³-hybridized carbons (Fsp3) is 0.200. The molecule has 4 heteroatoms. The zero-order chi connectivity index (χ0) is 13.7. The van der Waals surface area contributed by atoms with Crippen LogP contribution in [0, 0.1) is 0 Å². The van der Waals surface area contributed by atoms with Crippen molar-refractivity contribution in [3.8, 4) is 5.75 Å². The summed E-state index contributed by atoms with van der Waals surface area (Å²) in [6.45, 7) is 1.62. The summed E-state index contributed by atoms with van der Waals surface area (Å²) < 4.78 is 0. The molecule has 0 heterocycles. The first-order valence-electron chi connectivity index (χ1n) is 6.08.